The third-order valence-electron chi connectivity index (χ3n) is 2.20. The summed E-state index contributed by atoms with van der Waals surface area (Å²) < 4.78 is 0. The molecule has 1 aromatic rings. The van der Waals surface area contributed by atoms with Crippen molar-refractivity contribution >= 4 is 5.69 Å². The zero-order valence-corrected chi connectivity index (χ0v) is 8.89. The van der Waals surface area contributed by atoms with Crippen molar-refractivity contribution in [3.05, 3.63) is 55.1 Å². The highest BCUT2D eigenvalue weighted by Crippen LogP contribution is 2.20. The van der Waals surface area contributed by atoms with E-state index in [2.05, 4.69) is 18.1 Å². The van der Waals surface area contributed by atoms with Gasteiger partial charge in [-0.2, -0.15) is 0 Å². The topological polar surface area (TPSA) is 23.5 Å². The maximum atomic E-state index is 9.23. The van der Waals surface area contributed by atoms with Crippen molar-refractivity contribution in [1.82, 2.24) is 0 Å². The highest BCUT2D eigenvalue weighted by Gasteiger charge is 2.06. The second-order valence-corrected chi connectivity index (χ2v) is 3.27. The number of para-hydroxylation sites is 1. The van der Waals surface area contributed by atoms with Crippen LogP contribution in [0.15, 0.2) is 49.6 Å². The van der Waals surface area contributed by atoms with E-state index in [1.807, 2.05) is 36.4 Å². The minimum absolute atomic E-state index is 0.0565. The second-order valence-electron chi connectivity index (χ2n) is 3.27. The summed E-state index contributed by atoms with van der Waals surface area (Å²) >= 11 is 0. The molecule has 0 saturated heterocycles. The molecule has 0 fully saturated rings. The van der Waals surface area contributed by atoms with Gasteiger partial charge < -0.3 is 10.0 Å². The van der Waals surface area contributed by atoms with Crippen LogP contribution in [0.4, 0.5) is 5.69 Å². The molecule has 0 saturated carbocycles. The van der Waals surface area contributed by atoms with Crippen molar-refractivity contribution in [2.75, 3.05) is 18.0 Å². The van der Waals surface area contributed by atoms with Gasteiger partial charge in [0, 0.05) is 24.3 Å². The highest BCUT2D eigenvalue weighted by atomic mass is 16.3. The lowest BCUT2D eigenvalue weighted by molar-refractivity contribution is 0.282. The first-order valence-electron chi connectivity index (χ1n) is 4.99. The molecule has 0 aliphatic rings. The van der Waals surface area contributed by atoms with Gasteiger partial charge >= 0.3 is 0 Å². The first-order chi connectivity index (χ1) is 7.33. The predicted molar refractivity (Wildman–Crippen MR) is 65.0 cm³/mol. The molecule has 0 heterocycles. The summed E-state index contributed by atoms with van der Waals surface area (Å²) in [5.74, 6) is 0. The van der Waals surface area contributed by atoms with Gasteiger partial charge in [-0.1, -0.05) is 30.4 Å². The van der Waals surface area contributed by atoms with Crippen LogP contribution in [-0.4, -0.2) is 18.2 Å². The molecule has 80 valence electrons. The van der Waals surface area contributed by atoms with Gasteiger partial charge in [-0.25, -0.2) is 0 Å². The lowest BCUT2D eigenvalue weighted by Gasteiger charge is -2.23. The molecule has 0 atom stereocenters. The van der Waals surface area contributed by atoms with Crippen molar-refractivity contribution in [1.29, 1.82) is 0 Å². The molecule has 0 aliphatic heterocycles. The average molecular weight is 203 g/mol. The summed E-state index contributed by atoms with van der Waals surface area (Å²) in [6, 6.07) is 7.82. The number of rotatable bonds is 6. The molecule has 0 aromatic heterocycles. The molecular weight excluding hydrogens is 186 g/mol. The van der Waals surface area contributed by atoms with Crippen LogP contribution in [0, 0.1) is 0 Å². The van der Waals surface area contributed by atoms with E-state index in [1.54, 1.807) is 0 Å². The number of aliphatic hydroxyl groups is 1. The Kier molecular flexibility index (Phi) is 4.64. The van der Waals surface area contributed by atoms with Gasteiger partial charge in [0.25, 0.3) is 0 Å². The largest absolute Gasteiger partial charge is 0.392 e. The Morgan fingerprint density at radius 3 is 2.27 bits per heavy atom. The second kappa shape index (κ2) is 6.04. The molecular formula is C13H17NO. The Balaban J connectivity index is 2.97. The number of benzene rings is 1. The van der Waals surface area contributed by atoms with Gasteiger partial charge in [0.05, 0.1) is 6.61 Å². The minimum atomic E-state index is 0.0565. The lowest BCUT2D eigenvalue weighted by atomic mass is 10.1. The molecule has 1 aromatic carbocycles. The summed E-state index contributed by atoms with van der Waals surface area (Å²) in [7, 11) is 0. The van der Waals surface area contributed by atoms with Crippen molar-refractivity contribution in [3.8, 4) is 0 Å². The van der Waals surface area contributed by atoms with E-state index >= 15 is 0 Å². The Labute approximate surface area is 91.2 Å². The Morgan fingerprint density at radius 1 is 1.13 bits per heavy atom. The van der Waals surface area contributed by atoms with Gasteiger partial charge in [0.2, 0.25) is 0 Å². The zero-order chi connectivity index (χ0) is 11.1. The fourth-order valence-electron chi connectivity index (χ4n) is 1.54. The van der Waals surface area contributed by atoms with E-state index in [0.717, 1.165) is 24.3 Å². The monoisotopic (exact) mass is 203 g/mol. The van der Waals surface area contributed by atoms with E-state index in [1.165, 1.54) is 0 Å². The van der Waals surface area contributed by atoms with Crippen molar-refractivity contribution in [2.24, 2.45) is 0 Å². The number of hydrogen-bond acceptors (Lipinski definition) is 2. The maximum absolute atomic E-state index is 9.23. The van der Waals surface area contributed by atoms with Gasteiger partial charge in [-0.05, 0) is 6.07 Å². The number of aliphatic hydroxyl groups excluding tert-OH is 1. The molecule has 0 spiro atoms. The summed E-state index contributed by atoms with van der Waals surface area (Å²) in [5.41, 5.74) is 1.97. The number of nitrogens with zero attached hydrogens (tertiary/aromatic N) is 1. The normalized spacial score (nSPS) is 9.67. The van der Waals surface area contributed by atoms with Crippen molar-refractivity contribution < 1.29 is 5.11 Å². The molecule has 1 rings (SSSR count). The van der Waals surface area contributed by atoms with Crippen LogP contribution in [0.25, 0.3) is 0 Å². The first kappa shape index (κ1) is 11.5. The van der Waals surface area contributed by atoms with E-state index in [4.69, 9.17) is 0 Å². The SMILES string of the molecule is C=CCN(CC=C)c1ccccc1CO. The molecule has 0 unspecified atom stereocenters. The summed E-state index contributed by atoms with van der Waals surface area (Å²) in [5, 5.41) is 9.23. The molecule has 2 heteroatoms. The number of hydrogen-bond donors (Lipinski definition) is 1. The van der Waals surface area contributed by atoms with Crippen LogP contribution in [0.3, 0.4) is 0 Å². The van der Waals surface area contributed by atoms with Crippen LogP contribution in [0.5, 0.6) is 0 Å². The van der Waals surface area contributed by atoms with E-state index < -0.39 is 0 Å². The molecule has 0 bridgehead atoms. The third kappa shape index (κ3) is 2.96. The fraction of sp³-hybridized carbons (Fsp3) is 0.231. The van der Waals surface area contributed by atoms with Crippen LogP contribution in [-0.2, 0) is 6.61 Å². The van der Waals surface area contributed by atoms with Crippen molar-refractivity contribution in [2.45, 2.75) is 6.61 Å². The summed E-state index contributed by atoms with van der Waals surface area (Å²) in [4.78, 5) is 2.12. The maximum Gasteiger partial charge on any atom is 0.0702 e. The Morgan fingerprint density at radius 2 is 1.73 bits per heavy atom. The quantitative estimate of drug-likeness (QED) is 0.717. The van der Waals surface area contributed by atoms with E-state index in [-0.39, 0.29) is 6.61 Å². The summed E-state index contributed by atoms with van der Waals surface area (Å²) in [6.45, 7) is 9.01. The standard InChI is InChI=1S/C13H17NO/c1-3-9-14(10-4-2)13-8-6-5-7-12(13)11-15/h3-8,15H,1-2,9-11H2. The smallest absolute Gasteiger partial charge is 0.0702 e. The van der Waals surface area contributed by atoms with E-state index in [9.17, 15) is 5.11 Å². The number of anilines is 1. The summed E-state index contributed by atoms with van der Waals surface area (Å²) in [6.07, 6.45) is 3.69. The van der Waals surface area contributed by atoms with Crippen LogP contribution >= 0.6 is 0 Å². The van der Waals surface area contributed by atoms with Gasteiger partial charge in [-0.15, -0.1) is 13.2 Å². The predicted octanol–water partition coefficient (Wildman–Crippen LogP) is 2.36. The van der Waals surface area contributed by atoms with Gasteiger partial charge in [0.15, 0.2) is 0 Å². The Hall–Kier alpha value is -1.54. The molecule has 2 nitrogen and oxygen atoms in total. The molecule has 1 N–H and O–H groups in total. The van der Waals surface area contributed by atoms with Gasteiger partial charge in [0.1, 0.15) is 0 Å². The van der Waals surface area contributed by atoms with Crippen LogP contribution in [0.2, 0.25) is 0 Å². The van der Waals surface area contributed by atoms with Crippen molar-refractivity contribution in [3.63, 3.8) is 0 Å². The van der Waals surface area contributed by atoms with Crippen LogP contribution < -0.4 is 4.90 Å². The molecule has 0 amide bonds. The van der Waals surface area contributed by atoms with Gasteiger partial charge in [-0.3, -0.25) is 0 Å². The Bertz CT molecular complexity index is 323. The van der Waals surface area contributed by atoms with E-state index in [0.29, 0.717) is 0 Å². The third-order valence-corrected chi connectivity index (χ3v) is 2.20. The fourth-order valence-corrected chi connectivity index (χ4v) is 1.54. The highest BCUT2D eigenvalue weighted by molar-refractivity contribution is 5.54. The first-order valence-corrected chi connectivity index (χ1v) is 4.99. The van der Waals surface area contributed by atoms with Crippen LogP contribution in [0.1, 0.15) is 5.56 Å². The minimum Gasteiger partial charge on any atom is -0.392 e. The average Bonchev–Trinajstić information content (AvgIpc) is 2.29. The molecule has 0 aliphatic carbocycles. The molecule has 0 radical (unpaired) electrons. The lowest BCUT2D eigenvalue weighted by Crippen LogP contribution is -2.24. The molecule has 15 heavy (non-hydrogen) atoms. The zero-order valence-electron chi connectivity index (χ0n) is 8.89.